The summed E-state index contributed by atoms with van der Waals surface area (Å²) >= 11 is 1.41. The van der Waals surface area contributed by atoms with Crippen LogP contribution in [0, 0.1) is 0 Å². The zero-order valence-electron chi connectivity index (χ0n) is 20.1. The van der Waals surface area contributed by atoms with Crippen molar-refractivity contribution < 1.29 is 19.1 Å². The number of nitrogens with zero attached hydrogens (tertiary/aromatic N) is 1. The van der Waals surface area contributed by atoms with Crippen molar-refractivity contribution >= 4 is 35.3 Å². The van der Waals surface area contributed by atoms with Crippen LogP contribution in [0.25, 0.3) is 6.08 Å². The highest BCUT2D eigenvalue weighted by Crippen LogP contribution is 2.42. The number of hydrogen-bond donors (Lipinski definition) is 1. The number of ether oxygens (including phenoxy) is 2. The van der Waals surface area contributed by atoms with Crippen LogP contribution >= 0.6 is 11.8 Å². The maximum absolute atomic E-state index is 13.1. The molecule has 0 unspecified atom stereocenters. The van der Waals surface area contributed by atoms with Crippen LogP contribution in [-0.4, -0.2) is 39.1 Å². The smallest absolute Gasteiger partial charge is 0.264 e. The monoisotopic (exact) mass is 480 g/mol. The summed E-state index contributed by atoms with van der Waals surface area (Å²) in [5.41, 5.74) is 2.19. The summed E-state index contributed by atoms with van der Waals surface area (Å²) in [5.74, 6) is 1.08. The normalized spacial score (nSPS) is 18.1. The van der Waals surface area contributed by atoms with E-state index in [1.54, 1.807) is 26.2 Å². The predicted molar refractivity (Wildman–Crippen MR) is 137 cm³/mol. The summed E-state index contributed by atoms with van der Waals surface area (Å²) in [7, 11) is 4.93. The Labute approximate surface area is 205 Å². The molecule has 1 aliphatic carbocycles. The van der Waals surface area contributed by atoms with E-state index in [0.717, 1.165) is 41.8 Å². The lowest BCUT2D eigenvalue weighted by atomic mass is 9.96. The van der Waals surface area contributed by atoms with Gasteiger partial charge in [0.15, 0.2) is 11.5 Å². The van der Waals surface area contributed by atoms with Crippen LogP contribution in [0.3, 0.4) is 0 Å². The van der Waals surface area contributed by atoms with Crippen LogP contribution in [-0.2, 0) is 4.79 Å². The van der Waals surface area contributed by atoms with Crippen LogP contribution in [0.2, 0.25) is 0 Å². The van der Waals surface area contributed by atoms with Crippen LogP contribution in [0.1, 0.15) is 60.9 Å². The minimum absolute atomic E-state index is 0.0640. The van der Waals surface area contributed by atoms with E-state index in [1.165, 1.54) is 31.0 Å². The summed E-state index contributed by atoms with van der Waals surface area (Å²) in [4.78, 5) is 29.2. The summed E-state index contributed by atoms with van der Waals surface area (Å²) in [6.45, 7) is 0. The van der Waals surface area contributed by atoms with Gasteiger partial charge in [-0.1, -0.05) is 49.9 Å². The van der Waals surface area contributed by atoms with Crippen molar-refractivity contribution in [2.75, 3.05) is 26.2 Å². The molecule has 2 aromatic rings. The molecular weight excluding hydrogens is 448 g/mol. The fourth-order valence-electron chi connectivity index (χ4n) is 4.50. The summed E-state index contributed by atoms with van der Waals surface area (Å²) in [6.07, 6.45) is 10.0. The van der Waals surface area contributed by atoms with E-state index in [1.807, 2.05) is 42.5 Å². The van der Waals surface area contributed by atoms with Crippen LogP contribution in [0.5, 0.6) is 11.5 Å². The Kier molecular flexibility index (Phi) is 7.83. The van der Waals surface area contributed by atoms with Crippen LogP contribution in [0.15, 0.2) is 46.2 Å². The number of rotatable bonds is 5. The molecular formula is C27H32N2O4S. The number of likely N-dealkylation sites (N-methyl/N-ethyl adjacent to an activating group) is 1. The Bertz CT molecular complexity index is 1090. The van der Waals surface area contributed by atoms with Crippen molar-refractivity contribution in [1.29, 1.82) is 0 Å². The van der Waals surface area contributed by atoms with Crippen LogP contribution in [0.4, 0.5) is 5.69 Å². The quantitative estimate of drug-likeness (QED) is 0.560. The fourth-order valence-corrected chi connectivity index (χ4v) is 5.59. The maximum Gasteiger partial charge on any atom is 0.264 e. The average Bonchev–Trinajstić information content (AvgIpc) is 2.83. The summed E-state index contributed by atoms with van der Waals surface area (Å²) in [6, 6.07) is 11.4. The Balaban J connectivity index is 1.53. The molecule has 0 radical (unpaired) electrons. The average molecular weight is 481 g/mol. The third-order valence-corrected chi connectivity index (χ3v) is 7.54. The molecule has 7 heteroatoms. The first-order valence-electron chi connectivity index (χ1n) is 11.8. The lowest BCUT2D eigenvalue weighted by Crippen LogP contribution is -2.35. The van der Waals surface area contributed by atoms with E-state index >= 15 is 0 Å². The van der Waals surface area contributed by atoms with Gasteiger partial charge in [0.05, 0.1) is 24.8 Å². The zero-order valence-corrected chi connectivity index (χ0v) is 20.9. The highest BCUT2D eigenvalue weighted by molar-refractivity contribution is 8.04. The number of carbonyl (C=O) groups excluding carboxylic acids is 2. The molecule has 1 heterocycles. The van der Waals surface area contributed by atoms with Gasteiger partial charge in [0.1, 0.15) is 0 Å². The van der Waals surface area contributed by atoms with Gasteiger partial charge < -0.3 is 19.7 Å². The number of carbonyl (C=O) groups is 2. The van der Waals surface area contributed by atoms with Gasteiger partial charge in [-0.15, -0.1) is 0 Å². The van der Waals surface area contributed by atoms with E-state index in [9.17, 15) is 9.59 Å². The number of methoxy groups -OCH3 is 2. The molecule has 0 saturated heterocycles. The fraction of sp³-hybridized carbons (Fsp3) is 0.407. The first-order valence-corrected chi connectivity index (χ1v) is 12.7. The second kappa shape index (κ2) is 11.0. The Morgan fingerprint density at radius 2 is 1.71 bits per heavy atom. The van der Waals surface area contributed by atoms with Gasteiger partial charge in [-0.3, -0.25) is 9.59 Å². The van der Waals surface area contributed by atoms with Crippen molar-refractivity contribution in [3.63, 3.8) is 0 Å². The topological polar surface area (TPSA) is 67.9 Å². The molecule has 2 aromatic carbocycles. The van der Waals surface area contributed by atoms with E-state index in [2.05, 4.69) is 5.32 Å². The lowest BCUT2D eigenvalue weighted by Gasteiger charge is -2.28. The molecule has 2 amide bonds. The molecule has 0 bridgehead atoms. The van der Waals surface area contributed by atoms with Gasteiger partial charge >= 0.3 is 0 Å². The molecule has 180 valence electrons. The molecule has 6 nitrogen and oxygen atoms in total. The first kappa shape index (κ1) is 24.2. The van der Waals surface area contributed by atoms with E-state index in [4.69, 9.17) is 9.47 Å². The highest BCUT2D eigenvalue weighted by atomic mass is 32.2. The molecule has 2 aliphatic rings. The SMILES string of the molecule is COc1ccc(/C=C2\Sc3ccc(C(=O)NC4CCCCCCC4)cc3N(C)C2=O)cc1OC. The molecule has 1 N–H and O–H groups in total. The van der Waals surface area contributed by atoms with Gasteiger partial charge in [0, 0.05) is 23.5 Å². The lowest BCUT2D eigenvalue weighted by molar-refractivity contribution is -0.114. The number of nitrogens with one attached hydrogen (secondary N) is 1. The largest absolute Gasteiger partial charge is 0.493 e. The Morgan fingerprint density at radius 1 is 1.00 bits per heavy atom. The van der Waals surface area contributed by atoms with Crippen molar-refractivity contribution in [1.82, 2.24) is 5.32 Å². The Morgan fingerprint density at radius 3 is 2.41 bits per heavy atom. The Hall–Kier alpha value is -2.93. The number of benzene rings is 2. The third-order valence-electron chi connectivity index (χ3n) is 6.46. The van der Waals surface area contributed by atoms with E-state index in [-0.39, 0.29) is 17.9 Å². The number of anilines is 1. The van der Waals surface area contributed by atoms with E-state index < -0.39 is 0 Å². The predicted octanol–water partition coefficient (Wildman–Crippen LogP) is 5.66. The minimum Gasteiger partial charge on any atom is -0.493 e. The summed E-state index contributed by atoms with van der Waals surface area (Å²) in [5, 5.41) is 3.21. The van der Waals surface area contributed by atoms with Gasteiger partial charge in [-0.25, -0.2) is 0 Å². The summed E-state index contributed by atoms with van der Waals surface area (Å²) < 4.78 is 10.7. The molecule has 0 atom stereocenters. The second-order valence-corrected chi connectivity index (χ2v) is 9.87. The van der Waals surface area contributed by atoms with Crippen molar-refractivity contribution in [2.45, 2.75) is 55.9 Å². The van der Waals surface area contributed by atoms with Crippen LogP contribution < -0.4 is 19.7 Å². The van der Waals surface area contributed by atoms with E-state index in [0.29, 0.717) is 22.0 Å². The standard InChI is InChI=1S/C27H32N2O4S/c1-29-21-17-19(26(30)28-20-9-7-5-4-6-8-10-20)12-14-24(21)34-25(27(29)31)16-18-11-13-22(32-2)23(15-18)33-3/h11-17,20H,4-10H2,1-3H3,(H,28,30)/b25-16-. The van der Waals surface area contributed by atoms with Gasteiger partial charge in [-0.05, 0) is 54.8 Å². The molecule has 4 rings (SSSR count). The number of fused-ring (bicyclic) bond motifs is 1. The number of thioether (sulfide) groups is 1. The molecule has 1 fully saturated rings. The molecule has 0 aromatic heterocycles. The first-order chi connectivity index (χ1) is 16.5. The molecule has 0 spiro atoms. The van der Waals surface area contributed by atoms with Gasteiger partial charge in [-0.2, -0.15) is 0 Å². The van der Waals surface area contributed by atoms with Crippen molar-refractivity contribution in [3.05, 3.63) is 52.4 Å². The van der Waals surface area contributed by atoms with Crippen molar-refractivity contribution in [2.24, 2.45) is 0 Å². The third kappa shape index (κ3) is 5.41. The number of amides is 2. The molecule has 34 heavy (non-hydrogen) atoms. The minimum atomic E-state index is -0.107. The number of hydrogen-bond acceptors (Lipinski definition) is 5. The zero-order chi connectivity index (χ0) is 24.1. The molecule has 1 aliphatic heterocycles. The molecule has 1 saturated carbocycles. The highest BCUT2D eigenvalue weighted by Gasteiger charge is 2.28. The van der Waals surface area contributed by atoms with Gasteiger partial charge in [0.2, 0.25) is 0 Å². The maximum atomic E-state index is 13.1. The van der Waals surface area contributed by atoms with Gasteiger partial charge in [0.25, 0.3) is 11.8 Å². The van der Waals surface area contributed by atoms with Crippen molar-refractivity contribution in [3.8, 4) is 11.5 Å². The second-order valence-electron chi connectivity index (χ2n) is 8.79.